The molecule has 0 spiro atoms. The number of rotatable bonds is 8. The Morgan fingerprint density at radius 2 is 0.790 bits per heavy atom. The molecule has 4 aromatic carbocycles. The Morgan fingerprint density at radius 3 is 1.16 bits per heavy atom. The molecule has 5 aliphatic rings. The van der Waals surface area contributed by atoms with Crippen LogP contribution in [0.5, 0.6) is 0 Å². The van der Waals surface area contributed by atoms with Crippen LogP contribution in [-0.4, -0.2) is 51.2 Å². The number of carboxylic acids is 4. The molecule has 3 N–H and O–H groups in total. The number of carbonyl (C=O) groups excluding carboxylic acids is 2. The molecule has 62 heavy (non-hydrogen) atoms. The average molecular weight is 879 g/mol. The zero-order valence-electron chi connectivity index (χ0n) is 31.8. The van der Waals surface area contributed by atoms with E-state index in [1.165, 1.54) is 48.5 Å². The van der Waals surface area contributed by atoms with Crippen LogP contribution in [0, 0.1) is 6.42 Å². The van der Waals surface area contributed by atoms with Gasteiger partial charge in [0, 0.05) is 16.9 Å². The number of fused-ring (bicyclic) bond motifs is 5. The number of nitrogens with zero attached hydrogens (tertiary/aromatic N) is 3. The summed E-state index contributed by atoms with van der Waals surface area (Å²) >= 11 is 0. The summed E-state index contributed by atoms with van der Waals surface area (Å²) in [4.78, 5) is 62.5. The summed E-state index contributed by atoms with van der Waals surface area (Å²) in [5.41, 5.74) is 9.55. The number of halogens is 1. The number of benzene rings is 4. The number of aliphatic imine (C=N–C) groups is 3. The van der Waals surface area contributed by atoms with Crippen molar-refractivity contribution in [1.82, 2.24) is 5.32 Å². The molecule has 12 nitrogen and oxygen atoms in total. The fourth-order valence-corrected chi connectivity index (χ4v) is 7.45. The predicted octanol–water partition coefficient (Wildman–Crippen LogP) is 5.91. The van der Waals surface area contributed by atoms with E-state index in [1.54, 1.807) is 48.5 Å². The van der Waals surface area contributed by atoms with Gasteiger partial charge in [-0.15, -0.1) is 24.9 Å². The molecule has 0 radical (unpaired) electrons. The van der Waals surface area contributed by atoms with E-state index in [4.69, 9.17) is 15.0 Å². The third-order valence-electron chi connectivity index (χ3n) is 10.3. The first-order valence-corrected chi connectivity index (χ1v) is 18.4. The molecule has 14 heteroatoms. The van der Waals surface area contributed by atoms with E-state index in [1.807, 2.05) is 49.0 Å². The van der Waals surface area contributed by atoms with Gasteiger partial charge in [0.05, 0.1) is 51.6 Å². The van der Waals surface area contributed by atoms with Gasteiger partial charge < -0.3 is 35.3 Å². The van der Waals surface area contributed by atoms with Crippen LogP contribution in [0.2, 0.25) is 0 Å². The van der Waals surface area contributed by atoms with Crippen LogP contribution < -0.4 is 15.5 Å². The minimum atomic E-state index is -1.32. The zero-order valence-corrected chi connectivity index (χ0v) is 33.8. The molecule has 0 atom stereocenters. The van der Waals surface area contributed by atoms with Crippen LogP contribution in [0.1, 0.15) is 63.7 Å². The molecule has 5 heterocycles. The minimum Gasteiger partial charge on any atom is -0.545 e. The predicted molar refractivity (Wildman–Crippen MR) is 229 cm³/mol. The SMILES string of the molecule is Cl.O=C([O-])c1ccc(C2=C3C=CC(=N3)C(c3ccc(C(=O)O)cc3)=C3C=CC(=N3)C(c3ccc(C(=O)O)cc3)=C3C=CC(=N3)C(c3ccc(C(=O)[O-])cc3)=C3[CH-]C=C2N3)cc1.[Mn+3]. The molecule has 0 saturated heterocycles. The first-order valence-electron chi connectivity index (χ1n) is 18.4. The van der Waals surface area contributed by atoms with Gasteiger partial charge in [-0.2, -0.15) is 0 Å². The maximum atomic E-state index is 11.8. The average Bonchev–Trinajstić information content (AvgIpc) is 4.10. The monoisotopic (exact) mass is 878 g/mol. The molecule has 4 aromatic rings. The molecular formula is C48H28ClMnN4O8. The van der Waals surface area contributed by atoms with Gasteiger partial charge in [-0.05, 0) is 94.1 Å². The standard InChI is InChI=1S/C48H29N4O8.ClH.Mn/c53-45(54)29-9-1-25(2-10-29)41-33-17-19-35(49-33)42(26-3-11-30(12-4-26)46(55)56)37-21-23-39(51-37)44(28-7-15-32(16-8-28)48(59)60)40-24-22-38(52-40)43(36-20-18-34(41)50-36)27-5-13-31(14-6-27)47(57)58;;/h1-24,49H,(H,53,54)(H,55,56)(H,57,58)(H,59,60);1H;/q-1;;+3/p-2. The van der Waals surface area contributed by atoms with E-state index in [9.17, 15) is 39.6 Å². The Bertz CT molecular complexity index is 2980. The molecule has 8 bridgehead atoms. The van der Waals surface area contributed by atoms with Crippen LogP contribution in [0.3, 0.4) is 0 Å². The second-order valence-corrected chi connectivity index (χ2v) is 13.9. The number of carboxylic acid groups (broad SMARTS) is 4. The number of carbonyl (C=O) groups is 4. The van der Waals surface area contributed by atoms with Crippen molar-refractivity contribution < 1.29 is 56.7 Å². The second-order valence-electron chi connectivity index (χ2n) is 13.9. The first-order chi connectivity index (χ1) is 29.0. The van der Waals surface area contributed by atoms with Crippen molar-refractivity contribution in [3.05, 3.63) is 219 Å². The third-order valence-corrected chi connectivity index (χ3v) is 10.3. The Morgan fingerprint density at radius 1 is 0.468 bits per heavy atom. The first kappa shape index (κ1) is 42.3. The summed E-state index contributed by atoms with van der Waals surface area (Å²) in [5, 5.41) is 46.3. The number of allylic oxidation sites excluding steroid dienone is 11. The Hall–Kier alpha value is -7.83. The molecule has 9 rings (SSSR count). The van der Waals surface area contributed by atoms with E-state index in [-0.39, 0.29) is 51.7 Å². The molecule has 0 amide bonds. The van der Waals surface area contributed by atoms with Crippen molar-refractivity contribution in [2.75, 3.05) is 0 Å². The summed E-state index contributed by atoms with van der Waals surface area (Å²) in [6.45, 7) is 0. The van der Waals surface area contributed by atoms with Gasteiger partial charge in [0.2, 0.25) is 0 Å². The zero-order chi connectivity index (χ0) is 41.7. The van der Waals surface area contributed by atoms with Gasteiger partial charge in [-0.1, -0.05) is 95.3 Å². The number of aromatic carboxylic acids is 4. The molecule has 0 fully saturated rings. The maximum absolute atomic E-state index is 11.8. The van der Waals surface area contributed by atoms with E-state index in [0.29, 0.717) is 90.2 Å². The number of hydrogen-bond acceptors (Lipinski definition) is 10. The van der Waals surface area contributed by atoms with Gasteiger partial charge in [0.15, 0.2) is 0 Å². The summed E-state index contributed by atoms with van der Waals surface area (Å²) in [6, 6.07) is 25.3. The van der Waals surface area contributed by atoms with Gasteiger partial charge in [0.1, 0.15) is 0 Å². The minimum absolute atomic E-state index is 0. The topological polar surface area (TPSA) is 204 Å². The maximum Gasteiger partial charge on any atom is 3.00 e. The summed E-state index contributed by atoms with van der Waals surface area (Å²) in [7, 11) is 0. The van der Waals surface area contributed by atoms with Crippen LogP contribution in [-0.2, 0) is 17.1 Å². The molecule has 0 saturated carbocycles. The molecule has 0 aromatic heterocycles. The molecule has 5 aliphatic heterocycles. The normalized spacial score (nSPS) is 15.9. The Balaban J connectivity index is 0.00000289. The third kappa shape index (κ3) is 7.82. The summed E-state index contributed by atoms with van der Waals surface area (Å²) in [6.07, 6.45) is 14.7. The largest absolute Gasteiger partial charge is 3.00 e. The van der Waals surface area contributed by atoms with E-state index in [2.05, 4.69) is 5.32 Å². The molecule has 302 valence electrons. The molecule has 0 unspecified atom stereocenters. The van der Waals surface area contributed by atoms with Gasteiger partial charge in [0.25, 0.3) is 0 Å². The van der Waals surface area contributed by atoms with Crippen molar-refractivity contribution >= 4 is 75.7 Å². The van der Waals surface area contributed by atoms with Crippen LogP contribution in [0.15, 0.2) is 183 Å². The van der Waals surface area contributed by atoms with E-state index >= 15 is 0 Å². The second kappa shape index (κ2) is 17.0. The van der Waals surface area contributed by atoms with Crippen LogP contribution in [0.4, 0.5) is 0 Å². The fraction of sp³-hybridized carbons (Fsp3) is 0. The molecular weight excluding hydrogens is 851 g/mol. The van der Waals surface area contributed by atoms with Crippen LogP contribution in [0.25, 0.3) is 22.3 Å². The van der Waals surface area contributed by atoms with Crippen LogP contribution >= 0.6 is 12.4 Å². The number of hydrogen-bond donors (Lipinski definition) is 3. The van der Waals surface area contributed by atoms with Crippen molar-refractivity contribution in [2.24, 2.45) is 15.0 Å². The Kier molecular flexibility index (Phi) is 11.6. The van der Waals surface area contributed by atoms with Gasteiger partial charge >= 0.3 is 29.0 Å². The Labute approximate surface area is 370 Å². The van der Waals surface area contributed by atoms with Crippen molar-refractivity contribution in [2.45, 2.75) is 0 Å². The fourth-order valence-electron chi connectivity index (χ4n) is 7.45. The summed E-state index contributed by atoms with van der Waals surface area (Å²) < 4.78 is 0. The van der Waals surface area contributed by atoms with Crippen molar-refractivity contribution in [1.29, 1.82) is 0 Å². The van der Waals surface area contributed by atoms with Crippen molar-refractivity contribution in [3.63, 3.8) is 0 Å². The van der Waals surface area contributed by atoms with Gasteiger partial charge in [-0.3, -0.25) is 4.99 Å². The summed E-state index contributed by atoms with van der Waals surface area (Å²) in [5.74, 6) is -4.80. The quantitative estimate of drug-likeness (QED) is 0.142. The van der Waals surface area contributed by atoms with Gasteiger partial charge in [-0.25, -0.2) is 19.6 Å². The smallest absolute Gasteiger partial charge is 0.545 e. The number of nitrogens with one attached hydrogen (secondary N) is 1. The van der Waals surface area contributed by atoms with E-state index < -0.39 is 23.9 Å². The van der Waals surface area contributed by atoms with Crippen molar-refractivity contribution in [3.8, 4) is 0 Å². The molecule has 0 aliphatic carbocycles. The van der Waals surface area contributed by atoms with E-state index in [0.717, 1.165) is 0 Å².